The summed E-state index contributed by atoms with van der Waals surface area (Å²) in [5.74, 6) is -0.509. The summed E-state index contributed by atoms with van der Waals surface area (Å²) in [6.07, 6.45) is 1.20. The van der Waals surface area contributed by atoms with Crippen LogP contribution < -0.4 is 11.2 Å². The zero-order chi connectivity index (χ0) is 22.0. The maximum absolute atomic E-state index is 12.4. The fourth-order valence-electron chi connectivity index (χ4n) is 2.74. The van der Waals surface area contributed by atoms with Gasteiger partial charge in [0.15, 0.2) is 0 Å². The standard InChI is InChI=1S/C20H14Br2N4O3S/c1-10-11(2)17(6-4-14(10)21)26-19(28)13(18(27)25-20(26)29)8-24-16-5-3-12(30-9-23)7-15(16)22/h3-8,28H,1-2H3,(H,25,27,29). The smallest absolute Gasteiger partial charge is 0.335 e. The molecule has 0 aliphatic rings. The van der Waals surface area contributed by atoms with Crippen LogP contribution in [0, 0.1) is 24.5 Å². The van der Waals surface area contributed by atoms with Gasteiger partial charge in [-0.05, 0) is 83.0 Å². The van der Waals surface area contributed by atoms with Crippen molar-refractivity contribution >= 4 is 55.5 Å². The van der Waals surface area contributed by atoms with Gasteiger partial charge in [0.05, 0.1) is 11.4 Å². The van der Waals surface area contributed by atoms with Crippen LogP contribution >= 0.6 is 43.6 Å². The number of nitrogens with one attached hydrogen (secondary N) is 1. The summed E-state index contributed by atoms with van der Waals surface area (Å²) in [4.78, 5) is 32.0. The molecule has 3 rings (SSSR count). The van der Waals surface area contributed by atoms with Gasteiger partial charge >= 0.3 is 5.69 Å². The molecule has 1 heterocycles. The molecule has 0 spiro atoms. The van der Waals surface area contributed by atoms with Gasteiger partial charge in [0, 0.05) is 20.1 Å². The molecule has 0 aliphatic carbocycles. The molecule has 152 valence electrons. The average Bonchev–Trinajstić information content (AvgIpc) is 2.69. The predicted octanol–water partition coefficient (Wildman–Crippen LogP) is 4.70. The van der Waals surface area contributed by atoms with Crippen molar-refractivity contribution in [3.8, 4) is 17.0 Å². The Kier molecular flexibility index (Phi) is 6.65. The number of rotatable bonds is 4. The van der Waals surface area contributed by atoms with E-state index in [1.807, 2.05) is 19.2 Å². The van der Waals surface area contributed by atoms with E-state index in [-0.39, 0.29) is 5.56 Å². The number of halogens is 2. The van der Waals surface area contributed by atoms with Gasteiger partial charge in [-0.3, -0.25) is 14.8 Å². The van der Waals surface area contributed by atoms with Gasteiger partial charge in [-0.15, -0.1) is 0 Å². The quantitative estimate of drug-likeness (QED) is 0.278. The Labute approximate surface area is 192 Å². The highest BCUT2D eigenvalue weighted by Gasteiger charge is 2.17. The Morgan fingerprint density at radius 1 is 1.17 bits per heavy atom. The molecule has 0 aliphatic heterocycles. The number of thioether (sulfide) groups is 1. The van der Waals surface area contributed by atoms with Gasteiger partial charge in [-0.25, -0.2) is 9.36 Å². The minimum Gasteiger partial charge on any atom is -0.493 e. The van der Waals surface area contributed by atoms with Gasteiger partial charge in [0.2, 0.25) is 5.88 Å². The number of aromatic hydroxyl groups is 1. The summed E-state index contributed by atoms with van der Waals surface area (Å²) in [7, 11) is 0. The number of aliphatic imine (C=N–C) groups is 1. The van der Waals surface area contributed by atoms with Gasteiger partial charge < -0.3 is 5.11 Å². The van der Waals surface area contributed by atoms with Gasteiger partial charge in [-0.2, -0.15) is 5.26 Å². The number of H-pyrrole nitrogens is 1. The Morgan fingerprint density at radius 3 is 2.57 bits per heavy atom. The van der Waals surface area contributed by atoms with E-state index in [0.717, 1.165) is 36.8 Å². The third kappa shape index (κ3) is 4.28. The molecule has 0 bridgehead atoms. The second-order valence-corrected chi connectivity index (χ2v) is 8.78. The fourth-order valence-corrected chi connectivity index (χ4v) is 4.22. The van der Waals surface area contributed by atoms with Crippen LogP contribution in [0.25, 0.3) is 5.69 Å². The number of aromatic amines is 1. The van der Waals surface area contributed by atoms with Crippen LogP contribution in [-0.2, 0) is 0 Å². The number of hydrogen-bond donors (Lipinski definition) is 2. The van der Waals surface area contributed by atoms with Crippen LogP contribution in [0.5, 0.6) is 5.88 Å². The summed E-state index contributed by atoms with van der Waals surface area (Å²) in [6.45, 7) is 3.70. The van der Waals surface area contributed by atoms with Crippen molar-refractivity contribution in [1.29, 1.82) is 5.26 Å². The van der Waals surface area contributed by atoms with E-state index in [0.29, 0.717) is 15.8 Å². The lowest BCUT2D eigenvalue weighted by Crippen LogP contribution is -2.31. The van der Waals surface area contributed by atoms with Crippen molar-refractivity contribution in [3.63, 3.8) is 0 Å². The molecule has 0 radical (unpaired) electrons. The summed E-state index contributed by atoms with van der Waals surface area (Å²) in [6, 6.07) is 8.54. The number of benzene rings is 2. The minimum atomic E-state index is -0.753. The highest BCUT2D eigenvalue weighted by molar-refractivity contribution is 9.10. The van der Waals surface area contributed by atoms with E-state index in [1.54, 1.807) is 30.3 Å². The molecular formula is C20H14Br2N4O3S. The van der Waals surface area contributed by atoms with E-state index in [1.165, 1.54) is 6.21 Å². The molecule has 30 heavy (non-hydrogen) atoms. The summed E-state index contributed by atoms with van der Waals surface area (Å²) in [5, 5.41) is 21.5. The maximum atomic E-state index is 12.4. The van der Waals surface area contributed by atoms with E-state index in [4.69, 9.17) is 5.26 Å². The summed E-state index contributed by atoms with van der Waals surface area (Å²) >= 11 is 7.82. The van der Waals surface area contributed by atoms with Crippen LogP contribution in [0.4, 0.5) is 5.69 Å². The SMILES string of the molecule is Cc1c(Br)ccc(-n2c(O)c(C=Nc3ccc(SC#N)cc3Br)c(=O)[nH]c2=O)c1C. The molecule has 7 nitrogen and oxygen atoms in total. The fraction of sp³-hybridized carbons (Fsp3) is 0.100. The van der Waals surface area contributed by atoms with Crippen molar-refractivity contribution in [2.45, 2.75) is 18.7 Å². The largest absolute Gasteiger partial charge is 0.493 e. The monoisotopic (exact) mass is 548 g/mol. The number of thiocyanates is 1. The number of nitriles is 1. The van der Waals surface area contributed by atoms with Crippen molar-refractivity contribution in [3.05, 3.63) is 76.8 Å². The Morgan fingerprint density at radius 2 is 1.90 bits per heavy atom. The van der Waals surface area contributed by atoms with Crippen LogP contribution in [0.2, 0.25) is 0 Å². The number of hydrogen-bond acceptors (Lipinski definition) is 6. The summed E-state index contributed by atoms with van der Waals surface area (Å²) in [5.41, 5.74) is 0.949. The Hall–Kier alpha value is -2.61. The minimum absolute atomic E-state index is 0.156. The van der Waals surface area contributed by atoms with Gasteiger partial charge in [-0.1, -0.05) is 15.9 Å². The van der Waals surface area contributed by atoms with Crippen molar-refractivity contribution in [1.82, 2.24) is 9.55 Å². The maximum Gasteiger partial charge on any atom is 0.335 e. The van der Waals surface area contributed by atoms with E-state index in [2.05, 4.69) is 41.8 Å². The molecule has 0 fully saturated rings. The topological polar surface area (TPSA) is 111 Å². The highest BCUT2D eigenvalue weighted by Crippen LogP contribution is 2.31. The highest BCUT2D eigenvalue weighted by atomic mass is 79.9. The molecule has 0 amide bonds. The predicted molar refractivity (Wildman–Crippen MR) is 124 cm³/mol. The second kappa shape index (κ2) is 9.04. The first-order valence-corrected chi connectivity index (χ1v) is 10.9. The molecule has 0 unspecified atom stereocenters. The molecule has 2 N–H and O–H groups in total. The molecule has 0 saturated heterocycles. The van der Waals surface area contributed by atoms with Crippen molar-refractivity contribution in [2.24, 2.45) is 4.99 Å². The van der Waals surface area contributed by atoms with E-state index in [9.17, 15) is 14.7 Å². The van der Waals surface area contributed by atoms with Crippen molar-refractivity contribution in [2.75, 3.05) is 0 Å². The molecule has 3 aromatic rings. The lowest BCUT2D eigenvalue weighted by atomic mass is 10.1. The lowest BCUT2D eigenvalue weighted by molar-refractivity contribution is 0.430. The molecule has 10 heteroatoms. The van der Waals surface area contributed by atoms with Crippen molar-refractivity contribution < 1.29 is 5.11 Å². The van der Waals surface area contributed by atoms with Crippen LogP contribution in [-0.4, -0.2) is 20.9 Å². The lowest BCUT2D eigenvalue weighted by Gasteiger charge is -2.14. The molecule has 1 aromatic heterocycles. The third-order valence-electron chi connectivity index (χ3n) is 4.47. The third-order valence-corrected chi connectivity index (χ3v) is 6.54. The van der Waals surface area contributed by atoms with E-state index < -0.39 is 17.1 Å². The normalized spacial score (nSPS) is 11.0. The molecule has 2 aromatic carbocycles. The second-order valence-electron chi connectivity index (χ2n) is 6.21. The van der Waals surface area contributed by atoms with Crippen LogP contribution in [0.1, 0.15) is 16.7 Å². The first-order valence-electron chi connectivity index (χ1n) is 8.48. The zero-order valence-electron chi connectivity index (χ0n) is 15.7. The van der Waals surface area contributed by atoms with Gasteiger partial charge in [0.25, 0.3) is 5.56 Å². The zero-order valence-corrected chi connectivity index (χ0v) is 19.7. The number of aromatic nitrogens is 2. The average molecular weight is 550 g/mol. The molecular weight excluding hydrogens is 536 g/mol. The number of nitrogens with zero attached hydrogens (tertiary/aromatic N) is 3. The van der Waals surface area contributed by atoms with Crippen LogP contribution in [0.15, 0.2) is 58.8 Å². The van der Waals surface area contributed by atoms with Crippen LogP contribution in [0.3, 0.4) is 0 Å². The first-order chi connectivity index (χ1) is 14.2. The Bertz CT molecular complexity index is 1340. The summed E-state index contributed by atoms with van der Waals surface area (Å²) < 4.78 is 2.52. The van der Waals surface area contributed by atoms with Gasteiger partial charge in [0.1, 0.15) is 11.0 Å². The Balaban J connectivity index is 2.12. The molecule has 0 atom stereocenters. The molecule has 0 saturated carbocycles. The first kappa shape index (κ1) is 22.1. The van der Waals surface area contributed by atoms with E-state index >= 15 is 0 Å².